The molecule has 2 aromatic heterocycles. The van der Waals surface area contributed by atoms with Gasteiger partial charge in [0.1, 0.15) is 30.1 Å². The van der Waals surface area contributed by atoms with Gasteiger partial charge in [-0.25, -0.2) is 15.0 Å². The number of carbonyl (C=O) groups is 2. The molecule has 0 bridgehead atoms. The van der Waals surface area contributed by atoms with Crippen molar-refractivity contribution in [2.24, 2.45) is 17.4 Å². The Kier molecular flexibility index (Phi) is 7.65. The highest BCUT2D eigenvalue weighted by Crippen LogP contribution is 2.35. The van der Waals surface area contributed by atoms with Crippen molar-refractivity contribution in [3.63, 3.8) is 0 Å². The Morgan fingerprint density at radius 3 is 2.62 bits per heavy atom. The van der Waals surface area contributed by atoms with E-state index < -0.39 is 48.4 Å². The summed E-state index contributed by atoms with van der Waals surface area (Å²) < 4.78 is 7.47. The normalized spacial score (nSPS) is 22.8. The molecule has 37 heavy (non-hydrogen) atoms. The first-order valence-corrected chi connectivity index (χ1v) is 11.5. The molecule has 0 spiro atoms. The van der Waals surface area contributed by atoms with Crippen LogP contribution < -0.4 is 17.2 Å². The molecule has 1 aliphatic rings. The van der Waals surface area contributed by atoms with Crippen LogP contribution >= 0.6 is 0 Å². The lowest BCUT2D eigenvalue weighted by Crippen LogP contribution is -2.33. The number of hydrogen-bond donors (Lipinski definition) is 6. The number of nitrogen functional groups attached to an aromatic ring is 1. The molecule has 0 saturated carbocycles. The number of ether oxygens (including phenoxy) is 1. The highest BCUT2D eigenvalue weighted by atomic mass is 16.6. The second-order valence-electron chi connectivity index (χ2n) is 8.76. The fourth-order valence-electron chi connectivity index (χ4n) is 4.23. The smallest absolute Gasteiger partial charge is 0.320 e. The van der Waals surface area contributed by atoms with Crippen molar-refractivity contribution in [3.05, 3.63) is 48.0 Å². The van der Waals surface area contributed by atoms with Crippen LogP contribution in [-0.4, -0.2) is 71.1 Å². The van der Waals surface area contributed by atoms with Crippen molar-refractivity contribution in [3.8, 4) is 11.8 Å². The zero-order chi connectivity index (χ0) is 26.7. The summed E-state index contributed by atoms with van der Waals surface area (Å²) in [6, 6.07) is 5.47. The Labute approximate surface area is 211 Å². The van der Waals surface area contributed by atoms with E-state index in [-0.39, 0.29) is 30.6 Å². The molecular weight excluding hydrogens is 482 g/mol. The molecule has 1 fully saturated rings. The minimum absolute atomic E-state index is 0.114. The van der Waals surface area contributed by atoms with Gasteiger partial charge >= 0.3 is 5.97 Å². The highest BCUT2D eigenvalue weighted by molar-refractivity contribution is 5.95. The minimum atomic E-state index is -1.32. The topological polar surface area (TPSA) is 226 Å². The van der Waals surface area contributed by atoms with E-state index in [0.717, 1.165) is 0 Å². The number of fused-ring (bicyclic) bond motifs is 1. The maximum Gasteiger partial charge on any atom is 0.320 e. The van der Waals surface area contributed by atoms with Gasteiger partial charge in [0, 0.05) is 11.5 Å². The van der Waals surface area contributed by atoms with Gasteiger partial charge in [-0.3, -0.25) is 14.2 Å². The molecule has 194 valence electrons. The number of nitrogens with zero attached hydrogens (tertiary/aromatic N) is 4. The van der Waals surface area contributed by atoms with Crippen molar-refractivity contribution >= 4 is 28.9 Å². The number of benzene rings is 1. The van der Waals surface area contributed by atoms with Crippen LogP contribution in [0.3, 0.4) is 0 Å². The van der Waals surface area contributed by atoms with Gasteiger partial charge in [0.05, 0.1) is 18.0 Å². The molecule has 1 aliphatic heterocycles. The third-order valence-corrected chi connectivity index (χ3v) is 6.26. The van der Waals surface area contributed by atoms with Gasteiger partial charge in [-0.05, 0) is 31.4 Å². The van der Waals surface area contributed by atoms with E-state index in [9.17, 15) is 19.8 Å². The van der Waals surface area contributed by atoms with Crippen LogP contribution in [0.15, 0.2) is 36.9 Å². The summed E-state index contributed by atoms with van der Waals surface area (Å²) in [5.74, 6) is 3.86. The number of hydrogen-bond acceptors (Lipinski definition) is 10. The largest absolute Gasteiger partial charge is 0.480 e. The number of imidazole rings is 1. The Bertz CT molecular complexity index is 1370. The van der Waals surface area contributed by atoms with E-state index in [1.807, 2.05) is 0 Å². The van der Waals surface area contributed by atoms with Crippen LogP contribution in [0, 0.1) is 17.8 Å². The van der Waals surface area contributed by atoms with Crippen LogP contribution in [0.4, 0.5) is 5.82 Å². The lowest BCUT2D eigenvalue weighted by molar-refractivity contribution is -0.138. The number of nitrogens with two attached hydrogens (primary N) is 3. The number of aliphatic carboxylic acids is 1. The monoisotopic (exact) mass is 509 g/mol. The summed E-state index contributed by atoms with van der Waals surface area (Å²) in [5, 5.41) is 30.7. The lowest BCUT2D eigenvalue weighted by Gasteiger charge is -2.19. The third-order valence-electron chi connectivity index (χ3n) is 6.26. The summed E-state index contributed by atoms with van der Waals surface area (Å²) >= 11 is 0. The number of amides is 1. The van der Waals surface area contributed by atoms with Crippen LogP contribution in [0.1, 0.15) is 41.4 Å². The summed E-state index contributed by atoms with van der Waals surface area (Å²) in [7, 11) is 0. The molecule has 1 amide bonds. The zero-order valence-corrected chi connectivity index (χ0v) is 19.6. The van der Waals surface area contributed by atoms with E-state index in [1.54, 1.807) is 24.3 Å². The van der Waals surface area contributed by atoms with Gasteiger partial charge in [0.2, 0.25) is 5.91 Å². The van der Waals surface area contributed by atoms with Gasteiger partial charge in [-0.15, -0.1) is 0 Å². The minimum Gasteiger partial charge on any atom is -0.480 e. The molecule has 4 rings (SSSR count). The first-order valence-electron chi connectivity index (χ1n) is 11.5. The Hall–Kier alpha value is -4.09. The second-order valence-corrected chi connectivity index (χ2v) is 8.76. The molecule has 0 aliphatic carbocycles. The Balaban J connectivity index is 1.58. The molecule has 13 heteroatoms. The number of anilines is 1. The van der Waals surface area contributed by atoms with Crippen molar-refractivity contribution in [1.82, 2.24) is 19.5 Å². The molecule has 0 radical (unpaired) electrons. The van der Waals surface area contributed by atoms with E-state index in [2.05, 4.69) is 26.8 Å². The zero-order valence-electron chi connectivity index (χ0n) is 19.6. The second kappa shape index (κ2) is 10.9. The molecule has 1 saturated heterocycles. The third kappa shape index (κ3) is 5.52. The van der Waals surface area contributed by atoms with E-state index in [0.29, 0.717) is 16.7 Å². The molecule has 13 nitrogen and oxygen atoms in total. The van der Waals surface area contributed by atoms with Crippen molar-refractivity contribution in [2.75, 3.05) is 5.73 Å². The quantitative estimate of drug-likeness (QED) is 0.210. The average molecular weight is 510 g/mol. The number of aromatic nitrogens is 4. The number of carboxylic acid groups (broad SMARTS) is 1. The molecule has 0 unspecified atom stereocenters. The van der Waals surface area contributed by atoms with Crippen molar-refractivity contribution in [1.29, 1.82) is 0 Å². The van der Waals surface area contributed by atoms with Crippen molar-refractivity contribution in [2.45, 2.75) is 49.8 Å². The fraction of sp³-hybridized carbons (Fsp3) is 0.375. The molecule has 1 aromatic carbocycles. The first-order chi connectivity index (χ1) is 17.7. The maximum atomic E-state index is 11.7. The molecular formula is C24H27N7O6. The van der Waals surface area contributed by atoms with Crippen LogP contribution in [0.25, 0.3) is 11.2 Å². The predicted molar refractivity (Wildman–Crippen MR) is 130 cm³/mol. The van der Waals surface area contributed by atoms with E-state index in [1.165, 1.54) is 17.2 Å². The number of rotatable bonds is 8. The Morgan fingerprint density at radius 1 is 1.14 bits per heavy atom. The van der Waals surface area contributed by atoms with Gasteiger partial charge in [-0.2, -0.15) is 0 Å². The lowest BCUT2D eigenvalue weighted by atomic mass is 9.92. The van der Waals surface area contributed by atoms with Crippen molar-refractivity contribution < 1.29 is 29.6 Å². The van der Waals surface area contributed by atoms with Crippen LogP contribution in [-0.2, 0) is 9.53 Å². The van der Waals surface area contributed by atoms with Gasteiger partial charge in [0.25, 0.3) is 0 Å². The number of primary amides is 1. The number of carboxylic acids is 1. The number of aliphatic hydroxyl groups excluding tert-OH is 2. The highest BCUT2D eigenvalue weighted by Gasteiger charge is 2.45. The number of carbonyl (C=O) groups excluding carboxylic acids is 1. The Morgan fingerprint density at radius 2 is 1.89 bits per heavy atom. The van der Waals surface area contributed by atoms with Gasteiger partial charge in [0.15, 0.2) is 17.7 Å². The summed E-state index contributed by atoms with van der Waals surface area (Å²) in [6.45, 7) is 0. The summed E-state index contributed by atoms with van der Waals surface area (Å²) in [5.41, 5.74) is 18.3. The summed E-state index contributed by atoms with van der Waals surface area (Å²) in [4.78, 5) is 35.2. The summed E-state index contributed by atoms with van der Waals surface area (Å²) in [6.07, 6.45) is -1.28. The van der Waals surface area contributed by atoms with E-state index >= 15 is 0 Å². The van der Waals surface area contributed by atoms with Gasteiger partial charge in [-0.1, -0.05) is 24.0 Å². The standard InChI is InChI=1S/C24H27N7O6/c25-15(24(35)36)8-6-12(5-7-13-3-1-2-4-14(13)21(27)34)9-16-18(32)19(33)23(37-16)31-11-30-17-20(26)28-10-29-22(17)31/h1-4,10-12,15-16,18-19,23,32-33H,6,8-9,25H2,(H2,27,34)(H,35,36)(H2,26,28,29)/t12-,15-,16+,18+,19+,23+/m0/s1. The fourth-order valence-corrected chi connectivity index (χ4v) is 4.23. The van der Waals surface area contributed by atoms with Gasteiger partial charge < -0.3 is 37.3 Å². The molecule has 6 atom stereocenters. The van der Waals surface area contributed by atoms with E-state index in [4.69, 9.17) is 27.0 Å². The van der Waals surface area contributed by atoms with Crippen LogP contribution in [0.5, 0.6) is 0 Å². The molecule has 9 N–H and O–H groups in total. The molecule has 3 heterocycles. The predicted octanol–water partition coefficient (Wildman–Crippen LogP) is -0.623. The molecule has 3 aromatic rings. The first kappa shape index (κ1) is 26.0. The SMILES string of the molecule is NC(=O)c1ccccc1C#C[C@@H](CC[C@H](N)C(=O)O)C[C@H]1O[C@@H](n2cnc3c(N)ncnc32)[C@H](O)[C@@H]1O. The maximum absolute atomic E-state index is 11.7. The average Bonchev–Trinajstić information content (AvgIpc) is 3.42. The number of aliphatic hydroxyl groups is 2. The van der Waals surface area contributed by atoms with Crippen LogP contribution in [0.2, 0.25) is 0 Å².